The van der Waals surface area contributed by atoms with E-state index in [1.165, 1.54) is 20.0 Å². The van der Waals surface area contributed by atoms with Crippen molar-refractivity contribution in [3.63, 3.8) is 0 Å². The Morgan fingerprint density at radius 2 is 2.00 bits per heavy atom. The van der Waals surface area contributed by atoms with Gasteiger partial charge in [0.1, 0.15) is 6.61 Å². The summed E-state index contributed by atoms with van der Waals surface area (Å²) >= 11 is 5.70. The highest BCUT2D eigenvalue weighted by atomic mass is 35.5. The largest absolute Gasteiger partial charge is 0.467 e. The second-order valence-corrected chi connectivity index (χ2v) is 4.27. The Morgan fingerprint density at radius 1 is 1.29 bits per heavy atom. The molecule has 1 aromatic heterocycles. The molecular formula is C10H15ClN4O2. The van der Waals surface area contributed by atoms with Gasteiger partial charge in [0.2, 0.25) is 5.28 Å². The van der Waals surface area contributed by atoms with Crippen LogP contribution in [-0.4, -0.2) is 53.2 Å². The number of rotatable bonds is 6. The van der Waals surface area contributed by atoms with Crippen LogP contribution < -0.4 is 9.47 Å². The minimum Gasteiger partial charge on any atom is -0.467 e. The van der Waals surface area contributed by atoms with E-state index in [1.807, 2.05) is 0 Å². The molecule has 0 bridgehead atoms. The average Bonchev–Trinajstić information content (AvgIpc) is 3.12. The van der Waals surface area contributed by atoms with Crippen LogP contribution >= 0.6 is 11.6 Å². The van der Waals surface area contributed by atoms with Crippen molar-refractivity contribution in [2.45, 2.75) is 18.9 Å². The maximum atomic E-state index is 5.70. The third-order valence-electron chi connectivity index (χ3n) is 2.60. The summed E-state index contributed by atoms with van der Waals surface area (Å²) in [7, 11) is 3.55. The number of hydrogen-bond acceptors (Lipinski definition) is 6. The fraction of sp³-hybridized carbons (Fsp3) is 0.700. The third-order valence-corrected chi connectivity index (χ3v) is 2.76. The van der Waals surface area contributed by atoms with Gasteiger partial charge in [-0.3, -0.25) is 0 Å². The number of methoxy groups -OCH3 is 1. The van der Waals surface area contributed by atoms with Crippen LogP contribution in [0.1, 0.15) is 12.8 Å². The molecule has 0 amide bonds. The lowest BCUT2D eigenvalue weighted by molar-refractivity contribution is 0.217. The van der Waals surface area contributed by atoms with E-state index in [9.17, 15) is 0 Å². The Morgan fingerprint density at radius 3 is 2.65 bits per heavy atom. The first-order valence-electron chi connectivity index (χ1n) is 5.47. The second-order valence-electron chi connectivity index (χ2n) is 3.93. The highest BCUT2D eigenvalue weighted by Crippen LogP contribution is 2.24. The zero-order chi connectivity index (χ0) is 12.3. The van der Waals surface area contributed by atoms with E-state index in [0.29, 0.717) is 6.61 Å². The maximum Gasteiger partial charge on any atom is 0.323 e. The van der Waals surface area contributed by atoms with Crippen molar-refractivity contribution in [3.8, 4) is 12.0 Å². The van der Waals surface area contributed by atoms with Gasteiger partial charge in [-0.25, -0.2) is 0 Å². The molecule has 1 aromatic rings. The van der Waals surface area contributed by atoms with E-state index < -0.39 is 0 Å². The summed E-state index contributed by atoms with van der Waals surface area (Å²) in [5.74, 6) is 0. The van der Waals surface area contributed by atoms with Crippen LogP contribution in [0.4, 0.5) is 0 Å². The smallest absolute Gasteiger partial charge is 0.323 e. The molecule has 0 unspecified atom stereocenters. The second kappa shape index (κ2) is 5.46. The first kappa shape index (κ1) is 12.3. The van der Waals surface area contributed by atoms with Crippen molar-refractivity contribution in [2.24, 2.45) is 0 Å². The molecule has 1 heterocycles. The summed E-state index contributed by atoms with van der Waals surface area (Å²) in [4.78, 5) is 13.8. The number of aromatic nitrogens is 3. The Labute approximate surface area is 105 Å². The fourth-order valence-electron chi connectivity index (χ4n) is 1.45. The number of hydrogen-bond donors (Lipinski definition) is 0. The van der Waals surface area contributed by atoms with Crippen molar-refractivity contribution < 1.29 is 9.47 Å². The molecule has 1 fully saturated rings. The topological polar surface area (TPSA) is 60.4 Å². The van der Waals surface area contributed by atoms with Crippen molar-refractivity contribution in [1.82, 2.24) is 19.9 Å². The molecule has 17 heavy (non-hydrogen) atoms. The van der Waals surface area contributed by atoms with Crippen LogP contribution in [0, 0.1) is 0 Å². The van der Waals surface area contributed by atoms with Gasteiger partial charge in [-0.2, -0.15) is 9.97 Å². The van der Waals surface area contributed by atoms with E-state index in [4.69, 9.17) is 21.1 Å². The van der Waals surface area contributed by atoms with E-state index in [1.54, 1.807) is 0 Å². The Hall–Kier alpha value is -1.14. The fourth-order valence-corrected chi connectivity index (χ4v) is 1.59. The third kappa shape index (κ3) is 3.67. The first-order chi connectivity index (χ1) is 8.19. The molecule has 0 saturated heterocycles. The lowest BCUT2D eigenvalue weighted by Gasteiger charge is -2.15. The van der Waals surface area contributed by atoms with Gasteiger partial charge in [0.15, 0.2) is 0 Å². The SMILES string of the molecule is COc1nc(Cl)nc(OCCN(C)C2CC2)n1. The van der Waals surface area contributed by atoms with E-state index in [2.05, 4.69) is 26.9 Å². The van der Waals surface area contributed by atoms with Crippen LogP contribution in [0.25, 0.3) is 0 Å². The number of halogens is 1. The van der Waals surface area contributed by atoms with E-state index in [-0.39, 0.29) is 17.3 Å². The van der Waals surface area contributed by atoms with Crippen LogP contribution in [0.15, 0.2) is 0 Å². The average molecular weight is 259 g/mol. The van der Waals surface area contributed by atoms with Gasteiger partial charge in [-0.15, -0.1) is 4.98 Å². The van der Waals surface area contributed by atoms with Crippen molar-refractivity contribution in [3.05, 3.63) is 5.28 Å². The number of ether oxygens (including phenoxy) is 2. The van der Waals surface area contributed by atoms with Crippen LogP contribution in [0.2, 0.25) is 5.28 Å². The van der Waals surface area contributed by atoms with Gasteiger partial charge in [0.25, 0.3) is 0 Å². The van der Waals surface area contributed by atoms with Crippen molar-refractivity contribution in [2.75, 3.05) is 27.3 Å². The molecule has 7 heteroatoms. The maximum absolute atomic E-state index is 5.70. The van der Waals surface area contributed by atoms with Gasteiger partial charge < -0.3 is 14.4 Å². The first-order valence-corrected chi connectivity index (χ1v) is 5.85. The zero-order valence-electron chi connectivity index (χ0n) is 9.89. The molecule has 6 nitrogen and oxygen atoms in total. The lowest BCUT2D eigenvalue weighted by atomic mass is 10.5. The zero-order valence-corrected chi connectivity index (χ0v) is 10.6. The normalized spacial score (nSPS) is 15.1. The predicted octanol–water partition coefficient (Wildman–Crippen LogP) is 1.01. The van der Waals surface area contributed by atoms with Gasteiger partial charge in [-0.1, -0.05) is 0 Å². The predicted molar refractivity (Wildman–Crippen MR) is 62.5 cm³/mol. The van der Waals surface area contributed by atoms with Gasteiger partial charge in [-0.05, 0) is 31.5 Å². The summed E-state index contributed by atoms with van der Waals surface area (Å²) < 4.78 is 10.3. The molecule has 0 radical (unpaired) electrons. The highest BCUT2D eigenvalue weighted by Gasteiger charge is 2.25. The Kier molecular flexibility index (Phi) is 3.96. The Bertz CT molecular complexity index is 387. The van der Waals surface area contributed by atoms with Crippen LogP contribution in [0.5, 0.6) is 12.0 Å². The van der Waals surface area contributed by atoms with Gasteiger partial charge in [0, 0.05) is 12.6 Å². The molecule has 0 aliphatic heterocycles. The minimum absolute atomic E-state index is 0.0717. The molecule has 2 rings (SSSR count). The summed E-state index contributed by atoms with van der Waals surface area (Å²) in [6.07, 6.45) is 2.56. The van der Waals surface area contributed by atoms with Gasteiger partial charge in [0.05, 0.1) is 7.11 Å². The molecule has 0 aromatic carbocycles. The van der Waals surface area contributed by atoms with Crippen LogP contribution in [0.3, 0.4) is 0 Å². The molecule has 94 valence electrons. The molecule has 1 saturated carbocycles. The number of likely N-dealkylation sites (N-methyl/N-ethyl adjacent to an activating group) is 1. The van der Waals surface area contributed by atoms with E-state index in [0.717, 1.165) is 12.6 Å². The molecule has 0 N–H and O–H groups in total. The quantitative estimate of drug-likeness (QED) is 0.759. The van der Waals surface area contributed by atoms with Crippen LogP contribution in [-0.2, 0) is 0 Å². The summed E-state index contributed by atoms with van der Waals surface area (Å²) in [5.41, 5.74) is 0. The minimum atomic E-state index is 0.0717. The number of nitrogens with zero attached hydrogens (tertiary/aromatic N) is 4. The molecule has 0 spiro atoms. The summed E-state index contributed by atoms with van der Waals surface area (Å²) in [6.45, 7) is 1.37. The Balaban J connectivity index is 1.83. The van der Waals surface area contributed by atoms with Crippen molar-refractivity contribution in [1.29, 1.82) is 0 Å². The lowest BCUT2D eigenvalue weighted by Crippen LogP contribution is -2.26. The molecule has 1 aliphatic rings. The standard InChI is InChI=1S/C10H15ClN4O2/c1-15(7-3-4-7)5-6-17-10-13-8(11)12-9(14-10)16-2/h7H,3-6H2,1-2H3. The van der Waals surface area contributed by atoms with Gasteiger partial charge >= 0.3 is 12.0 Å². The summed E-state index contributed by atoms with van der Waals surface area (Å²) in [5, 5.41) is 0.0717. The molecule has 1 aliphatic carbocycles. The monoisotopic (exact) mass is 258 g/mol. The summed E-state index contributed by atoms with van der Waals surface area (Å²) in [6, 6.07) is 1.08. The van der Waals surface area contributed by atoms with Crippen molar-refractivity contribution >= 4 is 11.6 Å². The molecular weight excluding hydrogens is 244 g/mol. The molecule has 0 atom stereocenters. The highest BCUT2D eigenvalue weighted by molar-refractivity contribution is 6.28. The van der Waals surface area contributed by atoms with E-state index >= 15 is 0 Å².